The number of likely N-dealkylation sites (tertiary alicyclic amines) is 2. The van der Waals surface area contributed by atoms with Crippen molar-refractivity contribution in [3.63, 3.8) is 0 Å². The second-order valence-electron chi connectivity index (χ2n) is 6.02. The van der Waals surface area contributed by atoms with Crippen LogP contribution in [-0.2, 0) is 11.3 Å². The Labute approximate surface area is 130 Å². The van der Waals surface area contributed by atoms with Crippen molar-refractivity contribution in [1.82, 2.24) is 15.1 Å². The maximum Gasteiger partial charge on any atom is 0.318 e. The van der Waals surface area contributed by atoms with Gasteiger partial charge in [-0.25, -0.2) is 4.79 Å². The average Bonchev–Trinajstić information content (AvgIpc) is 3.18. The van der Waals surface area contributed by atoms with E-state index < -0.39 is 0 Å². The van der Waals surface area contributed by atoms with Crippen LogP contribution >= 0.6 is 0 Å². The summed E-state index contributed by atoms with van der Waals surface area (Å²) >= 11 is 0. The molecule has 3 amide bonds. The van der Waals surface area contributed by atoms with E-state index in [9.17, 15) is 9.59 Å². The van der Waals surface area contributed by atoms with E-state index in [1.54, 1.807) is 6.26 Å². The van der Waals surface area contributed by atoms with E-state index in [0.717, 1.165) is 44.5 Å². The zero-order valence-corrected chi connectivity index (χ0v) is 12.8. The van der Waals surface area contributed by atoms with Gasteiger partial charge in [-0.1, -0.05) is 0 Å². The first-order chi connectivity index (χ1) is 10.7. The van der Waals surface area contributed by atoms with Crippen LogP contribution in [0.4, 0.5) is 4.79 Å². The van der Waals surface area contributed by atoms with Crippen LogP contribution in [0.2, 0.25) is 0 Å². The van der Waals surface area contributed by atoms with E-state index in [-0.39, 0.29) is 18.0 Å². The number of carbonyl (C=O) groups excluding carboxylic acids is 2. The molecule has 6 heteroatoms. The molecule has 0 aromatic carbocycles. The van der Waals surface area contributed by atoms with Gasteiger partial charge in [0.15, 0.2) is 0 Å². The summed E-state index contributed by atoms with van der Waals surface area (Å²) < 4.78 is 5.23. The fourth-order valence-corrected chi connectivity index (χ4v) is 3.29. The quantitative estimate of drug-likeness (QED) is 0.925. The molecule has 1 aromatic rings. The molecule has 120 valence electrons. The lowest BCUT2D eigenvalue weighted by Crippen LogP contribution is -2.52. The van der Waals surface area contributed by atoms with Gasteiger partial charge < -0.3 is 19.5 Å². The first-order valence-corrected chi connectivity index (χ1v) is 8.08. The van der Waals surface area contributed by atoms with Crippen LogP contribution in [0.5, 0.6) is 0 Å². The fraction of sp³-hybridized carbons (Fsp3) is 0.625. The Morgan fingerprint density at radius 3 is 2.95 bits per heavy atom. The smallest absolute Gasteiger partial charge is 0.318 e. The van der Waals surface area contributed by atoms with Crippen LogP contribution < -0.4 is 5.32 Å². The van der Waals surface area contributed by atoms with Gasteiger partial charge in [-0.2, -0.15) is 0 Å². The van der Waals surface area contributed by atoms with Crippen molar-refractivity contribution in [3.8, 4) is 0 Å². The summed E-state index contributed by atoms with van der Waals surface area (Å²) in [6.07, 6.45) is 6.31. The van der Waals surface area contributed by atoms with Gasteiger partial charge in [-0.3, -0.25) is 4.79 Å². The maximum atomic E-state index is 12.4. The highest BCUT2D eigenvalue weighted by molar-refractivity contribution is 5.78. The Bertz CT molecular complexity index is 515. The second-order valence-corrected chi connectivity index (χ2v) is 6.02. The molecule has 22 heavy (non-hydrogen) atoms. The predicted molar refractivity (Wildman–Crippen MR) is 81.1 cm³/mol. The van der Waals surface area contributed by atoms with Crippen LogP contribution in [0.25, 0.3) is 0 Å². The maximum absolute atomic E-state index is 12.4. The van der Waals surface area contributed by atoms with E-state index in [0.29, 0.717) is 19.5 Å². The average molecular weight is 305 g/mol. The Hall–Kier alpha value is -1.98. The lowest BCUT2D eigenvalue weighted by Gasteiger charge is -2.37. The number of rotatable bonds is 4. The van der Waals surface area contributed by atoms with E-state index in [2.05, 4.69) is 5.32 Å². The van der Waals surface area contributed by atoms with Gasteiger partial charge in [-0.05, 0) is 37.8 Å². The third kappa shape index (κ3) is 3.43. The molecule has 0 aliphatic carbocycles. The number of nitrogens with one attached hydrogen (secondary N) is 1. The summed E-state index contributed by atoms with van der Waals surface area (Å²) in [5, 5.41) is 2.91. The SMILES string of the molecule is O=C1CCCN1CC1CCCCN1C(=O)NCc1ccco1. The number of nitrogens with zero attached hydrogens (tertiary/aromatic N) is 2. The monoisotopic (exact) mass is 305 g/mol. The Morgan fingerprint density at radius 1 is 1.32 bits per heavy atom. The van der Waals surface area contributed by atoms with Crippen molar-refractivity contribution in [2.24, 2.45) is 0 Å². The fourth-order valence-electron chi connectivity index (χ4n) is 3.29. The normalized spacial score (nSPS) is 22.2. The Balaban J connectivity index is 1.56. The van der Waals surface area contributed by atoms with Crippen LogP contribution in [0.3, 0.4) is 0 Å². The Kier molecular flexibility index (Phi) is 4.65. The zero-order chi connectivity index (χ0) is 15.4. The molecule has 0 radical (unpaired) electrons. The summed E-state index contributed by atoms with van der Waals surface area (Å²) in [5.41, 5.74) is 0. The molecule has 2 fully saturated rings. The minimum Gasteiger partial charge on any atom is -0.467 e. The van der Waals surface area contributed by atoms with Crippen LogP contribution in [0, 0.1) is 0 Å². The lowest BCUT2D eigenvalue weighted by atomic mass is 10.0. The number of piperidine rings is 1. The largest absolute Gasteiger partial charge is 0.467 e. The zero-order valence-electron chi connectivity index (χ0n) is 12.8. The molecule has 2 aliphatic heterocycles. The van der Waals surface area contributed by atoms with Gasteiger partial charge in [0.1, 0.15) is 5.76 Å². The highest BCUT2D eigenvalue weighted by Crippen LogP contribution is 2.20. The van der Waals surface area contributed by atoms with Crippen molar-refractivity contribution >= 4 is 11.9 Å². The molecular weight excluding hydrogens is 282 g/mol. The highest BCUT2D eigenvalue weighted by atomic mass is 16.3. The van der Waals surface area contributed by atoms with Crippen molar-refractivity contribution < 1.29 is 14.0 Å². The lowest BCUT2D eigenvalue weighted by molar-refractivity contribution is -0.128. The minimum absolute atomic E-state index is 0.0623. The van der Waals surface area contributed by atoms with Gasteiger partial charge in [0.25, 0.3) is 0 Å². The molecule has 1 unspecified atom stereocenters. The highest BCUT2D eigenvalue weighted by Gasteiger charge is 2.31. The topological polar surface area (TPSA) is 65.8 Å². The van der Waals surface area contributed by atoms with Crippen molar-refractivity contribution in [2.75, 3.05) is 19.6 Å². The molecule has 2 aliphatic rings. The Morgan fingerprint density at radius 2 is 2.23 bits per heavy atom. The third-order valence-electron chi connectivity index (χ3n) is 4.48. The van der Waals surface area contributed by atoms with Crippen LogP contribution in [0.1, 0.15) is 37.9 Å². The van der Waals surface area contributed by atoms with Crippen LogP contribution in [-0.4, -0.2) is 47.4 Å². The molecule has 1 atom stereocenters. The molecule has 0 bridgehead atoms. The van der Waals surface area contributed by atoms with Crippen LogP contribution in [0.15, 0.2) is 22.8 Å². The van der Waals surface area contributed by atoms with Gasteiger partial charge in [-0.15, -0.1) is 0 Å². The summed E-state index contributed by atoms with van der Waals surface area (Å²) in [5.74, 6) is 0.971. The van der Waals surface area contributed by atoms with Crippen molar-refractivity contribution in [2.45, 2.75) is 44.7 Å². The molecule has 1 aromatic heterocycles. The van der Waals surface area contributed by atoms with E-state index in [1.165, 1.54) is 0 Å². The predicted octanol–water partition coefficient (Wildman–Crippen LogP) is 1.97. The van der Waals surface area contributed by atoms with E-state index >= 15 is 0 Å². The first kappa shape index (κ1) is 14.9. The number of hydrogen-bond acceptors (Lipinski definition) is 3. The molecule has 0 spiro atoms. The van der Waals surface area contributed by atoms with E-state index in [1.807, 2.05) is 21.9 Å². The molecular formula is C16H23N3O3. The van der Waals surface area contributed by atoms with Crippen molar-refractivity contribution in [3.05, 3.63) is 24.2 Å². The summed E-state index contributed by atoms with van der Waals surface area (Å²) in [6, 6.07) is 3.72. The first-order valence-electron chi connectivity index (χ1n) is 8.08. The summed E-state index contributed by atoms with van der Waals surface area (Å²) in [7, 11) is 0. The summed E-state index contributed by atoms with van der Waals surface area (Å²) in [6.45, 7) is 2.67. The molecule has 3 heterocycles. The number of hydrogen-bond donors (Lipinski definition) is 1. The van der Waals surface area contributed by atoms with Gasteiger partial charge in [0.05, 0.1) is 18.8 Å². The standard InChI is InChI=1S/C16H23N3O3/c20-15-7-3-8-18(15)12-13-5-1-2-9-19(13)16(21)17-11-14-6-4-10-22-14/h4,6,10,13H,1-3,5,7-9,11-12H2,(H,17,21). The van der Waals surface area contributed by atoms with E-state index in [4.69, 9.17) is 4.42 Å². The number of amides is 3. The minimum atomic E-state index is -0.0623. The molecule has 1 N–H and O–H groups in total. The number of carbonyl (C=O) groups is 2. The number of furan rings is 1. The van der Waals surface area contributed by atoms with Crippen molar-refractivity contribution in [1.29, 1.82) is 0 Å². The summed E-state index contributed by atoms with van der Waals surface area (Å²) in [4.78, 5) is 28.0. The van der Waals surface area contributed by atoms with Gasteiger partial charge in [0.2, 0.25) is 5.91 Å². The third-order valence-corrected chi connectivity index (χ3v) is 4.48. The molecule has 6 nitrogen and oxygen atoms in total. The second kappa shape index (κ2) is 6.85. The van der Waals surface area contributed by atoms with Gasteiger partial charge in [0, 0.05) is 26.1 Å². The molecule has 0 saturated carbocycles. The number of urea groups is 1. The molecule has 3 rings (SSSR count). The molecule has 2 saturated heterocycles. The van der Waals surface area contributed by atoms with Gasteiger partial charge >= 0.3 is 6.03 Å².